The van der Waals surface area contributed by atoms with E-state index in [-0.39, 0.29) is 18.4 Å². The van der Waals surface area contributed by atoms with Gasteiger partial charge in [-0.2, -0.15) is 0 Å². The van der Waals surface area contributed by atoms with Gasteiger partial charge in [0.25, 0.3) is 0 Å². The first-order chi connectivity index (χ1) is 9.06. The minimum absolute atomic E-state index is 0.153. The first-order valence-corrected chi connectivity index (χ1v) is 6.73. The van der Waals surface area contributed by atoms with Gasteiger partial charge in [-0.25, -0.2) is 4.79 Å². The number of ether oxygens (including phenoxy) is 1. The van der Waals surface area contributed by atoms with Gasteiger partial charge >= 0.3 is 6.09 Å². The molecule has 1 N–H and O–H groups in total. The lowest BCUT2D eigenvalue weighted by molar-refractivity contribution is -0.313. The van der Waals surface area contributed by atoms with Crippen molar-refractivity contribution in [2.24, 2.45) is 17.8 Å². The number of methoxy groups -OCH3 is 1. The Morgan fingerprint density at radius 3 is 2.63 bits per heavy atom. The molecule has 2 fully saturated rings. The van der Waals surface area contributed by atoms with E-state index in [1.165, 1.54) is 12.0 Å². The van der Waals surface area contributed by atoms with Crippen molar-refractivity contribution in [3.8, 4) is 0 Å². The highest BCUT2D eigenvalue weighted by molar-refractivity contribution is 5.79. The maximum atomic E-state index is 11.6. The number of carboxylic acid groups (broad SMARTS) is 1. The minimum Gasteiger partial charge on any atom is -0.548 e. The molecule has 1 aliphatic heterocycles. The summed E-state index contributed by atoms with van der Waals surface area (Å²) in [5.74, 6) is -0.421. The number of rotatable bonds is 2. The highest BCUT2D eigenvalue weighted by atomic mass is 16.5. The van der Waals surface area contributed by atoms with Crippen molar-refractivity contribution in [3.63, 3.8) is 0 Å². The Morgan fingerprint density at radius 1 is 1.32 bits per heavy atom. The number of carboxylic acids is 1. The van der Waals surface area contributed by atoms with Crippen molar-refractivity contribution < 1.29 is 24.5 Å². The van der Waals surface area contributed by atoms with Crippen LogP contribution in [0.5, 0.6) is 0 Å². The largest absolute Gasteiger partial charge is 0.548 e. The number of hydrogen-bond donors (Lipinski definition) is 1. The summed E-state index contributed by atoms with van der Waals surface area (Å²) in [6.07, 6.45) is 2.49. The van der Waals surface area contributed by atoms with Gasteiger partial charge in [-0.3, -0.25) is 4.90 Å². The molecule has 1 amide bonds. The van der Waals surface area contributed by atoms with E-state index >= 15 is 0 Å². The van der Waals surface area contributed by atoms with Gasteiger partial charge in [0.15, 0.2) is 0 Å². The number of piperidine rings is 1. The molecular formula is C13H20NO5-. The van der Waals surface area contributed by atoms with Crippen LogP contribution in [-0.2, 0) is 9.53 Å². The fourth-order valence-electron chi connectivity index (χ4n) is 3.46. The second-order valence-corrected chi connectivity index (χ2v) is 5.57. The average Bonchev–Trinajstić information content (AvgIpc) is 2.44. The van der Waals surface area contributed by atoms with Crippen LogP contribution in [0.1, 0.15) is 25.7 Å². The molecule has 108 valence electrons. The SMILES string of the molecule is COC(=O)N1CC2CCC(CO)CC2CC1C(=O)[O-]. The lowest BCUT2D eigenvalue weighted by atomic mass is 9.69. The monoisotopic (exact) mass is 270 g/mol. The lowest BCUT2D eigenvalue weighted by Gasteiger charge is -2.47. The number of carbonyl (C=O) groups excluding carboxylic acids is 2. The van der Waals surface area contributed by atoms with Crippen LogP contribution in [0.15, 0.2) is 0 Å². The van der Waals surface area contributed by atoms with Crippen LogP contribution in [0.2, 0.25) is 0 Å². The second kappa shape index (κ2) is 5.77. The lowest BCUT2D eigenvalue weighted by Crippen LogP contribution is -2.57. The quantitative estimate of drug-likeness (QED) is 0.737. The highest BCUT2D eigenvalue weighted by Crippen LogP contribution is 2.40. The molecule has 6 heteroatoms. The first-order valence-electron chi connectivity index (χ1n) is 6.73. The van der Waals surface area contributed by atoms with Crippen molar-refractivity contribution in [1.29, 1.82) is 0 Å². The molecule has 1 heterocycles. The summed E-state index contributed by atoms with van der Waals surface area (Å²) in [6.45, 7) is 0.564. The molecule has 2 aliphatic rings. The fraction of sp³-hybridized carbons (Fsp3) is 0.846. The van der Waals surface area contributed by atoms with Crippen LogP contribution in [0.4, 0.5) is 4.79 Å². The molecule has 0 aromatic heterocycles. The molecule has 0 bridgehead atoms. The van der Waals surface area contributed by atoms with Gasteiger partial charge in [0.05, 0.1) is 19.1 Å². The van der Waals surface area contributed by atoms with Crippen LogP contribution in [-0.4, -0.2) is 48.4 Å². The Balaban J connectivity index is 2.10. The molecule has 4 atom stereocenters. The molecule has 1 saturated heterocycles. The van der Waals surface area contributed by atoms with E-state index in [0.29, 0.717) is 18.9 Å². The molecule has 1 aliphatic carbocycles. The van der Waals surface area contributed by atoms with Crippen LogP contribution in [0.3, 0.4) is 0 Å². The van der Waals surface area contributed by atoms with Gasteiger partial charge in [0.1, 0.15) is 0 Å². The van der Waals surface area contributed by atoms with Gasteiger partial charge in [0, 0.05) is 13.2 Å². The van der Waals surface area contributed by atoms with Crippen molar-refractivity contribution in [2.45, 2.75) is 31.7 Å². The molecule has 6 nitrogen and oxygen atoms in total. The number of fused-ring (bicyclic) bond motifs is 1. The molecule has 2 rings (SSSR count). The Bertz CT molecular complexity index is 359. The number of nitrogens with zero attached hydrogens (tertiary/aromatic N) is 1. The zero-order valence-corrected chi connectivity index (χ0v) is 11.1. The zero-order chi connectivity index (χ0) is 14.0. The molecule has 0 spiro atoms. The van der Waals surface area contributed by atoms with Crippen LogP contribution >= 0.6 is 0 Å². The van der Waals surface area contributed by atoms with E-state index in [9.17, 15) is 19.8 Å². The molecular weight excluding hydrogens is 250 g/mol. The predicted octanol–water partition coefficient (Wildman–Crippen LogP) is -0.398. The van der Waals surface area contributed by atoms with E-state index in [1.54, 1.807) is 0 Å². The number of likely N-dealkylation sites (tertiary alicyclic amines) is 1. The summed E-state index contributed by atoms with van der Waals surface area (Å²) in [5, 5.41) is 20.4. The summed E-state index contributed by atoms with van der Waals surface area (Å²) in [4.78, 5) is 24.1. The summed E-state index contributed by atoms with van der Waals surface area (Å²) in [7, 11) is 1.25. The summed E-state index contributed by atoms with van der Waals surface area (Å²) < 4.78 is 4.65. The van der Waals surface area contributed by atoms with Gasteiger partial charge < -0.3 is 19.7 Å². The zero-order valence-electron chi connectivity index (χ0n) is 11.1. The van der Waals surface area contributed by atoms with E-state index in [1.807, 2.05) is 0 Å². The molecule has 4 unspecified atom stereocenters. The second-order valence-electron chi connectivity index (χ2n) is 5.57. The summed E-state index contributed by atoms with van der Waals surface area (Å²) >= 11 is 0. The van der Waals surface area contributed by atoms with Crippen LogP contribution in [0, 0.1) is 17.8 Å². The Hall–Kier alpha value is -1.30. The number of carbonyl (C=O) groups is 2. The Labute approximate surface area is 112 Å². The van der Waals surface area contributed by atoms with Crippen molar-refractivity contribution in [2.75, 3.05) is 20.3 Å². The summed E-state index contributed by atoms with van der Waals surface area (Å²) in [5.41, 5.74) is 0. The van der Waals surface area contributed by atoms with Crippen LogP contribution < -0.4 is 5.11 Å². The maximum Gasteiger partial charge on any atom is 0.410 e. The number of amides is 1. The van der Waals surface area contributed by atoms with Crippen molar-refractivity contribution >= 4 is 12.1 Å². The molecule has 0 aromatic carbocycles. The number of aliphatic carboxylic acids is 1. The molecule has 0 aromatic rings. The molecule has 19 heavy (non-hydrogen) atoms. The van der Waals surface area contributed by atoms with Gasteiger partial charge in [0.2, 0.25) is 0 Å². The van der Waals surface area contributed by atoms with Gasteiger partial charge in [-0.05, 0) is 43.4 Å². The third-order valence-electron chi connectivity index (χ3n) is 4.52. The number of hydrogen-bond acceptors (Lipinski definition) is 5. The third-order valence-corrected chi connectivity index (χ3v) is 4.52. The van der Waals surface area contributed by atoms with E-state index < -0.39 is 18.1 Å². The maximum absolute atomic E-state index is 11.6. The topological polar surface area (TPSA) is 89.9 Å². The van der Waals surface area contributed by atoms with E-state index in [0.717, 1.165) is 19.3 Å². The number of aliphatic hydroxyl groups is 1. The van der Waals surface area contributed by atoms with E-state index in [4.69, 9.17) is 0 Å². The minimum atomic E-state index is -1.23. The molecule has 0 radical (unpaired) electrons. The fourth-order valence-corrected chi connectivity index (χ4v) is 3.46. The molecule has 1 saturated carbocycles. The Kier molecular flexibility index (Phi) is 4.29. The number of aliphatic hydroxyl groups excluding tert-OH is 1. The highest BCUT2D eigenvalue weighted by Gasteiger charge is 2.41. The predicted molar refractivity (Wildman–Crippen MR) is 63.9 cm³/mol. The Morgan fingerprint density at radius 2 is 2.05 bits per heavy atom. The van der Waals surface area contributed by atoms with Gasteiger partial charge in [-0.15, -0.1) is 0 Å². The smallest absolute Gasteiger partial charge is 0.410 e. The van der Waals surface area contributed by atoms with Gasteiger partial charge in [-0.1, -0.05) is 0 Å². The van der Waals surface area contributed by atoms with Crippen molar-refractivity contribution in [1.82, 2.24) is 4.90 Å². The van der Waals surface area contributed by atoms with E-state index in [2.05, 4.69) is 4.74 Å². The first kappa shape index (κ1) is 14.1. The third kappa shape index (κ3) is 2.83. The van der Waals surface area contributed by atoms with Crippen LogP contribution in [0.25, 0.3) is 0 Å². The average molecular weight is 270 g/mol. The van der Waals surface area contributed by atoms with Crippen molar-refractivity contribution in [3.05, 3.63) is 0 Å². The standard InChI is InChI=1S/C13H21NO5/c1-19-13(18)14-6-9-3-2-8(7-15)4-10(9)5-11(14)12(16)17/h8-11,15H,2-7H2,1H3,(H,16,17)/p-1. The summed E-state index contributed by atoms with van der Waals surface area (Å²) in [6, 6.07) is -0.911. The normalized spacial score (nSPS) is 34.5.